The molecule has 1 saturated carbocycles. The monoisotopic (exact) mass is 287 g/mol. The zero-order valence-corrected chi connectivity index (χ0v) is 12.8. The SMILES string of the molecule is CCCNC1COCC1C(=O)c1ccc(C2CCC2)cc1. The molecule has 1 N–H and O–H groups in total. The lowest BCUT2D eigenvalue weighted by Gasteiger charge is -2.26. The van der Waals surface area contributed by atoms with Gasteiger partial charge in [0.2, 0.25) is 0 Å². The highest BCUT2D eigenvalue weighted by Gasteiger charge is 2.34. The van der Waals surface area contributed by atoms with Gasteiger partial charge >= 0.3 is 0 Å². The van der Waals surface area contributed by atoms with Gasteiger partial charge in [0, 0.05) is 11.6 Å². The summed E-state index contributed by atoms with van der Waals surface area (Å²) in [5, 5.41) is 3.43. The van der Waals surface area contributed by atoms with Gasteiger partial charge in [0.15, 0.2) is 5.78 Å². The zero-order chi connectivity index (χ0) is 14.7. The number of ether oxygens (including phenoxy) is 1. The van der Waals surface area contributed by atoms with Crippen molar-refractivity contribution in [3.05, 3.63) is 35.4 Å². The van der Waals surface area contributed by atoms with Crippen molar-refractivity contribution in [2.45, 2.75) is 44.6 Å². The summed E-state index contributed by atoms with van der Waals surface area (Å²) in [4.78, 5) is 12.7. The van der Waals surface area contributed by atoms with Gasteiger partial charge in [-0.1, -0.05) is 37.6 Å². The summed E-state index contributed by atoms with van der Waals surface area (Å²) in [6, 6.07) is 8.46. The highest BCUT2D eigenvalue weighted by molar-refractivity contribution is 5.98. The quantitative estimate of drug-likeness (QED) is 0.817. The van der Waals surface area contributed by atoms with Gasteiger partial charge in [-0.2, -0.15) is 0 Å². The van der Waals surface area contributed by atoms with E-state index >= 15 is 0 Å². The molecular formula is C18H25NO2. The van der Waals surface area contributed by atoms with Gasteiger partial charge in [0.05, 0.1) is 19.1 Å². The lowest BCUT2D eigenvalue weighted by atomic mass is 9.79. The van der Waals surface area contributed by atoms with E-state index in [9.17, 15) is 4.79 Å². The summed E-state index contributed by atoms with van der Waals surface area (Å²) in [7, 11) is 0. The van der Waals surface area contributed by atoms with Crippen molar-refractivity contribution in [3.63, 3.8) is 0 Å². The van der Waals surface area contributed by atoms with E-state index in [0.29, 0.717) is 13.2 Å². The average Bonchev–Trinajstić information content (AvgIpc) is 2.91. The average molecular weight is 287 g/mol. The van der Waals surface area contributed by atoms with Crippen molar-refractivity contribution < 1.29 is 9.53 Å². The van der Waals surface area contributed by atoms with Crippen molar-refractivity contribution in [3.8, 4) is 0 Å². The second kappa shape index (κ2) is 6.71. The van der Waals surface area contributed by atoms with Crippen LogP contribution in [0.4, 0.5) is 0 Å². The number of hydrogen-bond donors (Lipinski definition) is 1. The molecule has 21 heavy (non-hydrogen) atoms. The summed E-state index contributed by atoms with van der Waals surface area (Å²) in [6.07, 6.45) is 5.02. The molecule has 0 spiro atoms. The van der Waals surface area contributed by atoms with Gasteiger partial charge in [0.25, 0.3) is 0 Å². The van der Waals surface area contributed by atoms with Crippen LogP contribution in [0.25, 0.3) is 0 Å². The van der Waals surface area contributed by atoms with E-state index in [2.05, 4.69) is 24.4 Å². The van der Waals surface area contributed by atoms with E-state index < -0.39 is 0 Å². The van der Waals surface area contributed by atoms with Crippen LogP contribution in [0.15, 0.2) is 24.3 Å². The lowest BCUT2D eigenvalue weighted by molar-refractivity contribution is 0.0891. The van der Waals surface area contributed by atoms with E-state index in [0.717, 1.165) is 24.4 Å². The normalized spacial score (nSPS) is 25.8. The van der Waals surface area contributed by atoms with Crippen molar-refractivity contribution >= 4 is 5.78 Å². The maximum absolute atomic E-state index is 12.7. The number of Topliss-reactive ketones (excluding diaryl/α,β-unsaturated/α-hetero) is 1. The topological polar surface area (TPSA) is 38.3 Å². The van der Waals surface area contributed by atoms with Gasteiger partial charge < -0.3 is 10.1 Å². The van der Waals surface area contributed by atoms with Crippen LogP contribution in [0.1, 0.15) is 54.4 Å². The number of nitrogens with one attached hydrogen (secondary N) is 1. The summed E-state index contributed by atoms with van der Waals surface area (Å²) in [5.74, 6) is 0.912. The van der Waals surface area contributed by atoms with Crippen molar-refractivity contribution in [2.75, 3.05) is 19.8 Å². The highest BCUT2D eigenvalue weighted by Crippen LogP contribution is 2.36. The highest BCUT2D eigenvalue weighted by atomic mass is 16.5. The Balaban J connectivity index is 1.66. The second-order valence-corrected chi connectivity index (χ2v) is 6.32. The lowest BCUT2D eigenvalue weighted by Crippen LogP contribution is -2.39. The molecule has 114 valence electrons. The molecule has 1 saturated heterocycles. The molecule has 3 rings (SSSR count). The number of benzene rings is 1. The van der Waals surface area contributed by atoms with Crippen LogP contribution < -0.4 is 5.32 Å². The molecule has 3 heteroatoms. The Morgan fingerprint density at radius 2 is 2.00 bits per heavy atom. The first-order valence-corrected chi connectivity index (χ1v) is 8.25. The summed E-state index contributed by atoms with van der Waals surface area (Å²) in [5.41, 5.74) is 2.22. The van der Waals surface area contributed by atoms with E-state index in [1.807, 2.05) is 12.1 Å². The molecule has 2 atom stereocenters. The predicted octanol–water partition coefficient (Wildman–Crippen LogP) is 3.15. The van der Waals surface area contributed by atoms with Crippen LogP contribution in [0.5, 0.6) is 0 Å². The Hall–Kier alpha value is -1.19. The summed E-state index contributed by atoms with van der Waals surface area (Å²) >= 11 is 0. The molecule has 2 aliphatic rings. The molecule has 0 bridgehead atoms. The van der Waals surface area contributed by atoms with Crippen LogP contribution >= 0.6 is 0 Å². The van der Waals surface area contributed by atoms with Gasteiger partial charge in [0.1, 0.15) is 0 Å². The number of carbonyl (C=O) groups excluding carboxylic acids is 1. The van der Waals surface area contributed by atoms with E-state index in [1.54, 1.807) is 0 Å². The molecular weight excluding hydrogens is 262 g/mol. The minimum absolute atomic E-state index is 0.0360. The molecule has 1 heterocycles. The van der Waals surface area contributed by atoms with E-state index in [-0.39, 0.29) is 17.7 Å². The third-order valence-corrected chi connectivity index (χ3v) is 4.85. The standard InChI is InChI=1S/C18H25NO2/c1-2-10-19-17-12-21-11-16(17)18(20)15-8-6-14(7-9-15)13-4-3-5-13/h6-9,13,16-17,19H,2-5,10-12H2,1H3. The Bertz CT molecular complexity index is 478. The van der Waals surface area contributed by atoms with Gasteiger partial charge in [-0.3, -0.25) is 4.79 Å². The molecule has 0 radical (unpaired) electrons. The Morgan fingerprint density at radius 1 is 1.24 bits per heavy atom. The molecule has 1 aliphatic heterocycles. The molecule has 1 aliphatic carbocycles. The number of ketones is 1. The molecule has 0 amide bonds. The van der Waals surface area contributed by atoms with Crippen molar-refractivity contribution in [2.24, 2.45) is 5.92 Å². The van der Waals surface area contributed by atoms with Gasteiger partial charge in [-0.05, 0) is 37.3 Å². The Labute approximate surface area is 127 Å². The first-order valence-electron chi connectivity index (χ1n) is 8.25. The minimum Gasteiger partial charge on any atom is -0.379 e. The molecule has 0 aromatic heterocycles. The summed E-state index contributed by atoms with van der Waals surface area (Å²) < 4.78 is 5.51. The fourth-order valence-corrected chi connectivity index (χ4v) is 3.22. The maximum Gasteiger partial charge on any atom is 0.169 e. The molecule has 2 fully saturated rings. The van der Waals surface area contributed by atoms with Gasteiger partial charge in [-0.15, -0.1) is 0 Å². The summed E-state index contributed by atoms with van der Waals surface area (Å²) in [6.45, 7) is 4.28. The van der Waals surface area contributed by atoms with E-state index in [1.165, 1.54) is 24.8 Å². The van der Waals surface area contributed by atoms with E-state index in [4.69, 9.17) is 4.74 Å². The van der Waals surface area contributed by atoms with Crippen molar-refractivity contribution in [1.82, 2.24) is 5.32 Å². The molecule has 2 unspecified atom stereocenters. The van der Waals surface area contributed by atoms with Crippen LogP contribution in [-0.2, 0) is 4.74 Å². The zero-order valence-electron chi connectivity index (χ0n) is 12.8. The molecule has 1 aromatic carbocycles. The van der Waals surface area contributed by atoms with Crippen LogP contribution in [0.3, 0.4) is 0 Å². The first-order chi connectivity index (χ1) is 10.3. The fraction of sp³-hybridized carbons (Fsp3) is 0.611. The number of hydrogen-bond acceptors (Lipinski definition) is 3. The van der Waals surface area contributed by atoms with Crippen molar-refractivity contribution in [1.29, 1.82) is 0 Å². The van der Waals surface area contributed by atoms with Crippen LogP contribution in [0.2, 0.25) is 0 Å². The Kier molecular flexibility index (Phi) is 4.71. The Morgan fingerprint density at radius 3 is 2.62 bits per heavy atom. The van der Waals surface area contributed by atoms with Gasteiger partial charge in [-0.25, -0.2) is 0 Å². The third-order valence-electron chi connectivity index (χ3n) is 4.85. The van der Waals surface area contributed by atoms with Crippen LogP contribution in [0, 0.1) is 5.92 Å². The fourth-order valence-electron chi connectivity index (χ4n) is 3.22. The second-order valence-electron chi connectivity index (χ2n) is 6.32. The largest absolute Gasteiger partial charge is 0.379 e. The molecule has 3 nitrogen and oxygen atoms in total. The maximum atomic E-state index is 12.7. The number of carbonyl (C=O) groups is 1. The smallest absolute Gasteiger partial charge is 0.169 e. The van der Waals surface area contributed by atoms with Crippen LogP contribution in [-0.4, -0.2) is 31.6 Å². The number of rotatable bonds is 6. The third kappa shape index (κ3) is 3.19. The predicted molar refractivity (Wildman–Crippen MR) is 83.8 cm³/mol. The minimum atomic E-state index is -0.0360. The first kappa shape index (κ1) is 14.7. The molecule has 1 aromatic rings.